The number of nitrogens with one attached hydrogen (secondary N) is 1. The van der Waals surface area contributed by atoms with Crippen LogP contribution in [0.3, 0.4) is 0 Å². The van der Waals surface area contributed by atoms with Gasteiger partial charge in [-0.1, -0.05) is 44.9 Å². The SMILES string of the molecule is Cc1cc([C@@H]2[C@H](c3ccccn3)NC(=S)N2c2ccc(C(C)C)cc2)c(C)n1C1CCCC1. The largest absolute Gasteiger partial charge is 0.351 e. The van der Waals surface area contributed by atoms with Gasteiger partial charge in [-0.3, -0.25) is 4.98 Å². The first-order valence-electron chi connectivity index (χ1n) is 12.2. The lowest BCUT2D eigenvalue weighted by molar-refractivity contribution is 0.494. The molecule has 5 heteroatoms. The summed E-state index contributed by atoms with van der Waals surface area (Å²) in [5.74, 6) is 0.505. The highest BCUT2D eigenvalue weighted by Gasteiger charge is 2.42. The van der Waals surface area contributed by atoms with E-state index in [2.05, 4.69) is 84.9 Å². The summed E-state index contributed by atoms with van der Waals surface area (Å²) >= 11 is 5.93. The van der Waals surface area contributed by atoms with Gasteiger partial charge in [0, 0.05) is 29.3 Å². The third-order valence-electron chi connectivity index (χ3n) is 7.47. The van der Waals surface area contributed by atoms with Crippen molar-refractivity contribution in [1.29, 1.82) is 0 Å². The number of pyridine rings is 1. The van der Waals surface area contributed by atoms with Gasteiger partial charge in [-0.05, 0) is 86.3 Å². The lowest BCUT2D eigenvalue weighted by Crippen LogP contribution is -2.29. The molecule has 33 heavy (non-hydrogen) atoms. The molecule has 3 heterocycles. The number of rotatable bonds is 5. The van der Waals surface area contributed by atoms with Gasteiger partial charge in [0.05, 0.1) is 17.8 Å². The Labute approximate surface area is 203 Å². The zero-order chi connectivity index (χ0) is 23.1. The zero-order valence-electron chi connectivity index (χ0n) is 20.1. The number of hydrogen-bond acceptors (Lipinski definition) is 2. The summed E-state index contributed by atoms with van der Waals surface area (Å²) in [6, 6.07) is 18.1. The Morgan fingerprint density at radius 2 is 1.76 bits per heavy atom. The van der Waals surface area contributed by atoms with Crippen molar-refractivity contribution in [1.82, 2.24) is 14.9 Å². The molecular formula is C28H34N4S. The van der Waals surface area contributed by atoms with Gasteiger partial charge in [-0.2, -0.15) is 0 Å². The van der Waals surface area contributed by atoms with Crippen LogP contribution in [0.15, 0.2) is 54.7 Å². The molecule has 2 fully saturated rings. The monoisotopic (exact) mass is 458 g/mol. The van der Waals surface area contributed by atoms with Crippen molar-refractivity contribution in [2.45, 2.75) is 77.4 Å². The minimum atomic E-state index is 0.000929. The summed E-state index contributed by atoms with van der Waals surface area (Å²) in [7, 11) is 0. The van der Waals surface area contributed by atoms with Crippen molar-refractivity contribution in [3.63, 3.8) is 0 Å². The second-order valence-electron chi connectivity index (χ2n) is 9.88. The van der Waals surface area contributed by atoms with Gasteiger partial charge in [-0.15, -0.1) is 0 Å². The molecular weight excluding hydrogens is 424 g/mol. The second kappa shape index (κ2) is 8.94. The van der Waals surface area contributed by atoms with Crippen LogP contribution in [0.4, 0.5) is 5.69 Å². The smallest absolute Gasteiger partial charge is 0.174 e. The third kappa shape index (κ3) is 3.97. The van der Waals surface area contributed by atoms with E-state index >= 15 is 0 Å². The normalized spacial score (nSPS) is 21.2. The lowest BCUT2D eigenvalue weighted by atomic mass is 9.96. The van der Waals surface area contributed by atoms with E-state index in [4.69, 9.17) is 17.2 Å². The predicted molar refractivity (Wildman–Crippen MR) is 140 cm³/mol. The minimum Gasteiger partial charge on any atom is -0.351 e. The molecule has 2 aromatic heterocycles. The maximum Gasteiger partial charge on any atom is 0.174 e. The van der Waals surface area contributed by atoms with Gasteiger partial charge in [0.2, 0.25) is 0 Å². The number of nitrogens with zero attached hydrogens (tertiary/aromatic N) is 3. The fraction of sp³-hybridized carbons (Fsp3) is 0.429. The number of aromatic nitrogens is 2. The minimum absolute atomic E-state index is 0.000929. The van der Waals surface area contributed by atoms with E-state index in [1.165, 1.54) is 48.2 Å². The molecule has 1 aliphatic carbocycles. The summed E-state index contributed by atoms with van der Waals surface area (Å²) in [5, 5.41) is 4.38. The lowest BCUT2D eigenvalue weighted by Gasteiger charge is -2.29. The quantitative estimate of drug-likeness (QED) is 0.421. The summed E-state index contributed by atoms with van der Waals surface area (Å²) in [6.07, 6.45) is 7.09. The van der Waals surface area contributed by atoms with Crippen molar-refractivity contribution >= 4 is 23.0 Å². The van der Waals surface area contributed by atoms with Crippen molar-refractivity contribution in [3.8, 4) is 0 Å². The van der Waals surface area contributed by atoms with Crippen LogP contribution in [0.5, 0.6) is 0 Å². The molecule has 3 aromatic rings. The van der Waals surface area contributed by atoms with Crippen LogP contribution >= 0.6 is 12.2 Å². The molecule has 0 amide bonds. The maximum atomic E-state index is 5.93. The average molecular weight is 459 g/mol. The molecule has 5 rings (SSSR count). The fourth-order valence-corrected chi connectivity index (χ4v) is 6.14. The first kappa shape index (κ1) is 22.1. The first-order valence-corrected chi connectivity index (χ1v) is 12.7. The van der Waals surface area contributed by atoms with Crippen LogP contribution in [0, 0.1) is 13.8 Å². The van der Waals surface area contributed by atoms with Gasteiger partial charge < -0.3 is 14.8 Å². The van der Waals surface area contributed by atoms with Crippen LogP contribution in [-0.2, 0) is 0 Å². The van der Waals surface area contributed by atoms with E-state index in [1.807, 2.05) is 12.3 Å². The van der Waals surface area contributed by atoms with Gasteiger partial charge in [0.25, 0.3) is 0 Å². The molecule has 172 valence electrons. The molecule has 1 aromatic carbocycles. The molecule has 1 saturated heterocycles. The van der Waals surface area contributed by atoms with Crippen molar-refractivity contribution in [3.05, 3.63) is 82.9 Å². The highest BCUT2D eigenvalue weighted by Crippen LogP contribution is 2.45. The molecule has 0 unspecified atom stereocenters. The van der Waals surface area contributed by atoms with Gasteiger partial charge >= 0.3 is 0 Å². The molecule has 0 spiro atoms. The third-order valence-corrected chi connectivity index (χ3v) is 7.78. The van der Waals surface area contributed by atoms with Crippen LogP contribution in [0.1, 0.15) is 91.8 Å². The van der Waals surface area contributed by atoms with Crippen LogP contribution in [0.25, 0.3) is 0 Å². The first-order chi connectivity index (χ1) is 16.0. The topological polar surface area (TPSA) is 33.1 Å². The van der Waals surface area contributed by atoms with Gasteiger partial charge in [0.15, 0.2) is 5.11 Å². The van der Waals surface area contributed by atoms with E-state index in [-0.39, 0.29) is 12.1 Å². The highest BCUT2D eigenvalue weighted by atomic mass is 32.1. The molecule has 0 radical (unpaired) electrons. The average Bonchev–Trinajstić information content (AvgIpc) is 3.52. The Bertz CT molecular complexity index is 1130. The Kier molecular flexibility index (Phi) is 6.00. The fourth-order valence-electron chi connectivity index (χ4n) is 5.80. The Hall–Kier alpha value is -2.66. The maximum absolute atomic E-state index is 5.93. The van der Waals surface area contributed by atoms with Gasteiger partial charge in [0.1, 0.15) is 0 Å². The molecule has 4 nitrogen and oxygen atoms in total. The Morgan fingerprint density at radius 3 is 2.39 bits per heavy atom. The predicted octanol–water partition coefficient (Wildman–Crippen LogP) is 6.92. The number of hydrogen-bond donors (Lipinski definition) is 1. The number of benzene rings is 1. The highest BCUT2D eigenvalue weighted by molar-refractivity contribution is 7.80. The summed E-state index contributed by atoms with van der Waals surface area (Å²) < 4.78 is 2.58. The summed E-state index contributed by atoms with van der Waals surface area (Å²) in [4.78, 5) is 7.02. The molecule has 2 aliphatic rings. The Morgan fingerprint density at radius 1 is 1.03 bits per heavy atom. The number of anilines is 1. The van der Waals surface area contributed by atoms with E-state index in [0.717, 1.165) is 16.5 Å². The molecule has 0 bridgehead atoms. The van der Waals surface area contributed by atoms with Crippen LogP contribution < -0.4 is 10.2 Å². The second-order valence-corrected chi connectivity index (χ2v) is 10.3. The van der Waals surface area contributed by atoms with Crippen LogP contribution in [-0.4, -0.2) is 14.7 Å². The molecule has 1 aliphatic heterocycles. The molecule has 2 atom stereocenters. The van der Waals surface area contributed by atoms with E-state index in [9.17, 15) is 0 Å². The van der Waals surface area contributed by atoms with Crippen molar-refractivity contribution < 1.29 is 0 Å². The Balaban J connectivity index is 1.62. The number of thiocarbonyl (C=S) groups is 1. The van der Waals surface area contributed by atoms with Crippen molar-refractivity contribution in [2.24, 2.45) is 0 Å². The molecule has 1 saturated carbocycles. The van der Waals surface area contributed by atoms with E-state index in [1.54, 1.807) is 0 Å². The van der Waals surface area contributed by atoms with Crippen molar-refractivity contribution in [2.75, 3.05) is 4.90 Å². The standard InChI is InChI=1S/C28H34N4S/c1-18(2)21-12-14-23(15-13-21)32-27(26(30-28(32)33)25-11-7-8-16-29-25)24-17-19(3)31(20(24)4)22-9-5-6-10-22/h7-8,11-18,22,26-27H,5-6,9-10H2,1-4H3,(H,30,33)/t26-,27+/m0/s1. The van der Waals surface area contributed by atoms with E-state index in [0.29, 0.717) is 12.0 Å². The molecule has 1 N–H and O–H groups in total. The van der Waals surface area contributed by atoms with Crippen LogP contribution in [0.2, 0.25) is 0 Å². The van der Waals surface area contributed by atoms with Gasteiger partial charge in [-0.25, -0.2) is 0 Å². The van der Waals surface area contributed by atoms with E-state index < -0.39 is 0 Å². The number of aryl methyl sites for hydroxylation is 1. The summed E-state index contributed by atoms with van der Waals surface area (Å²) in [6.45, 7) is 9.01. The summed E-state index contributed by atoms with van der Waals surface area (Å²) in [5.41, 5.74) is 7.55. The zero-order valence-corrected chi connectivity index (χ0v) is 20.9.